The van der Waals surface area contributed by atoms with Crippen LogP contribution in [0.15, 0.2) is 24.5 Å². The Kier molecular flexibility index (Phi) is 1.89. The Morgan fingerprint density at radius 1 is 1.36 bits per heavy atom. The van der Waals surface area contributed by atoms with Gasteiger partial charge in [-0.3, -0.25) is 9.41 Å². The van der Waals surface area contributed by atoms with Crippen molar-refractivity contribution in [3.05, 3.63) is 47.4 Å². The minimum absolute atomic E-state index is 0.248. The van der Waals surface area contributed by atoms with E-state index in [-0.39, 0.29) is 6.67 Å². The van der Waals surface area contributed by atoms with Crippen LogP contribution >= 0.6 is 0 Å². The number of aromatic nitrogens is 2. The van der Waals surface area contributed by atoms with E-state index >= 15 is 0 Å². The van der Waals surface area contributed by atoms with Crippen LogP contribution in [0.3, 0.4) is 0 Å². The van der Waals surface area contributed by atoms with Crippen molar-refractivity contribution in [3.63, 3.8) is 0 Å². The lowest BCUT2D eigenvalue weighted by Crippen LogP contribution is -1.89. The van der Waals surface area contributed by atoms with E-state index in [9.17, 15) is 0 Å². The van der Waals surface area contributed by atoms with Crippen molar-refractivity contribution >= 4 is 16.7 Å². The summed E-state index contributed by atoms with van der Waals surface area (Å²) < 4.78 is 1.73. The van der Waals surface area contributed by atoms with Crippen molar-refractivity contribution in [1.82, 2.24) is 9.55 Å². The predicted molar refractivity (Wildman–Crippen MR) is 52.6 cm³/mol. The number of imidazole rings is 1. The topological polar surface area (TPSA) is 26.5 Å². The maximum absolute atomic E-state index is 6.88. The minimum Gasteiger partial charge on any atom is -0.293 e. The molecule has 14 heavy (non-hydrogen) atoms. The van der Waals surface area contributed by atoms with Gasteiger partial charge in [0.15, 0.2) is 5.69 Å². The molecule has 0 aliphatic heterocycles. The average Bonchev–Trinajstić information content (AvgIpc) is 2.61. The summed E-state index contributed by atoms with van der Waals surface area (Å²) in [6, 6.07) is 5.27. The van der Waals surface area contributed by atoms with Gasteiger partial charge in [0, 0.05) is 0 Å². The zero-order valence-electron chi connectivity index (χ0n) is 7.31. The van der Waals surface area contributed by atoms with Crippen molar-refractivity contribution in [2.75, 3.05) is 0 Å². The summed E-state index contributed by atoms with van der Waals surface area (Å²) >= 11 is 0. The third-order valence-corrected chi connectivity index (χ3v) is 1.96. The number of benzene rings is 1. The molecule has 0 atom stereocenters. The van der Waals surface area contributed by atoms with Gasteiger partial charge in [-0.1, -0.05) is 6.07 Å². The fraction of sp³-hybridized carbons (Fsp3) is 0.100. The van der Waals surface area contributed by atoms with Gasteiger partial charge in [0.25, 0.3) is 6.67 Å². The number of hydrogen-bond acceptors (Lipinski definition) is 1. The number of nitrogens with zero attached hydrogens (tertiary/aromatic N) is 4. The second-order valence-electron chi connectivity index (χ2n) is 2.80. The first-order chi connectivity index (χ1) is 6.85. The smallest absolute Gasteiger partial charge is 0.293 e. The monoisotopic (exact) mass is 182 g/mol. The lowest BCUT2D eigenvalue weighted by atomic mass is 10.3. The summed E-state index contributed by atoms with van der Waals surface area (Å²) in [5.41, 5.74) is 2.24. The molecule has 1 aromatic heterocycles. The summed E-state index contributed by atoms with van der Waals surface area (Å²) in [6.45, 7) is 13.9. The molecule has 0 bridgehead atoms. The molecule has 2 aromatic rings. The molecule has 0 aliphatic rings. The Balaban J connectivity index is 2.66. The Bertz CT molecular complexity index is 553. The van der Waals surface area contributed by atoms with Crippen LogP contribution < -0.4 is 0 Å². The fourth-order valence-electron chi connectivity index (χ4n) is 1.30. The molecule has 1 heterocycles. The second-order valence-corrected chi connectivity index (χ2v) is 2.80. The summed E-state index contributed by atoms with van der Waals surface area (Å²) in [6.07, 6.45) is 1.62. The van der Waals surface area contributed by atoms with Crippen molar-refractivity contribution < 1.29 is 0 Å². The Morgan fingerprint density at radius 3 is 2.93 bits per heavy atom. The summed E-state index contributed by atoms with van der Waals surface area (Å²) in [4.78, 5) is 10.7. The van der Waals surface area contributed by atoms with E-state index in [1.807, 2.05) is 0 Å². The van der Waals surface area contributed by atoms with Crippen LogP contribution in [-0.4, -0.2) is 9.55 Å². The molecule has 0 unspecified atom stereocenters. The van der Waals surface area contributed by atoms with Crippen LogP contribution in [0.1, 0.15) is 0 Å². The minimum atomic E-state index is 0.248. The van der Waals surface area contributed by atoms with E-state index < -0.39 is 0 Å². The molecule has 0 radical (unpaired) electrons. The van der Waals surface area contributed by atoms with Crippen molar-refractivity contribution in [2.24, 2.45) is 0 Å². The van der Waals surface area contributed by atoms with E-state index in [2.05, 4.69) is 14.7 Å². The molecule has 1 aromatic carbocycles. The van der Waals surface area contributed by atoms with Gasteiger partial charge in [-0.2, -0.15) is 0 Å². The largest absolute Gasteiger partial charge is 0.294 e. The molecular weight excluding hydrogens is 176 g/mol. The molecule has 0 spiro atoms. The molecular formula is C10H6N4. The van der Waals surface area contributed by atoms with Crippen molar-refractivity contribution in [3.8, 4) is 0 Å². The molecule has 2 rings (SSSR count). The van der Waals surface area contributed by atoms with Crippen LogP contribution in [0.5, 0.6) is 0 Å². The van der Waals surface area contributed by atoms with Crippen LogP contribution in [-0.2, 0) is 6.67 Å². The SMILES string of the molecule is [C-]#[N+]Cn1cnc2ccc([N+]#[C-])cc21. The zero-order chi connectivity index (χ0) is 9.97. The lowest BCUT2D eigenvalue weighted by Gasteiger charge is -1.94. The van der Waals surface area contributed by atoms with Gasteiger partial charge in [-0.05, 0) is 12.1 Å². The van der Waals surface area contributed by atoms with Crippen molar-refractivity contribution in [1.29, 1.82) is 0 Å². The second kappa shape index (κ2) is 3.20. The highest BCUT2D eigenvalue weighted by molar-refractivity contribution is 5.79. The third-order valence-electron chi connectivity index (χ3n) is 1.96. The zero-order valence-corrected chi connectivity index (χ0v) is 7.31. The van der Waals surface area contributed by atoms with Crippen molar-refractivity contribution in [2.45, 2.75) is 6.67 Å². The van der Waals surface area contributed by atoms with E-state index in [4.69, 9.17) is 13.1 Å². The summed E-state index contributed by atoms with van der Waals surface area (Å²) in [5, 5.41) is 0. The molecule has 4 heteroatoms. The molecule has 0 aliphatic carbocycles. The highest BCUT2D eigenvalue weighted by Crippen LogP contribution is 2.20. The maximum atomic E-state index is 6.88. The highest BCUT2D eigenvalue weighted by atomic mass is 15.1. The molecule has 66 valence electrons. The number of fused-ring (bicyclic) bond motifs is 1. The van der Waals surface area contributed by atoms with E-state index in [1.165, 1.54) is 0 Å². The molecule has 4 nitrogen and oxygen atoms in total. The maximum Gasteiger partial charge on any atom is 0.294 e. The van der Waals surface area contributed by atoms with Gasteiger partial charge in [0.1, 0.15) is 6.33 Å². The summed E-state index contributed by atoms with van der Waals surface area (Å²) in [5.74, 6) is 0. The quantitative estimate of drug-likeness (QED) is 0.622. The molecule has 0 fully saturated rings. The van der Waals surface area contributed by atoms with Crippen LogP contribution in [0.4, 0.5) is 5.69 Å². The van der Waals surface area contributed by atoms with Gasteiger partial charge in [0.05, 0.1) is 17.6 Å². The Hall–Kier alpha value is -2.33. The van der Waals surface area contributed by atoms with Gasteiger partial charge in [-0.25, -0.2) is 16.4 Å². The van der Waals surface area contributed by atoms with E-state index in [1.54, 1.807) is 29.1 Å². The van der Waals surface area contributed by atoms with Gasteiger partial charge < -0.3 is 0 Å². The average molecular weight is 182 g/mol. The fourth-order valence-corrected chi connectivity index (χ4v) is 1.30. The Morgan fingerprint density at radius 2 is 2.21 bits per heavy atom. The van der Waals surface area contributed by atoms with Gasteiger partial charge in [0.2, 0.25) is 0 Å². The first-order valence-corrected chi connectivity index (χ1v) is 4.00. The highest BCUT2D eigenvalue weighted by Gasteiger charge is 2.03. The summed E-state index contributed by atoms with van der Waals surface area (Å²) in [7, 11) is 0. The van der Waals surface area contributed by atoms with E-state index in [0.717, 1.165) is 11.0 Å². The van der Waals surface area contributed by atoms with Gasteiger partial charge >= 0.3 is 0 Å². The molecule has 0 amide bonds. The Labute approximate surface area is 81.1 Å². The molecule has 0 saturated heterocycles. The third kappa shape index (κ3) is 1.19. The van der Waals surface area contributed by atoms with Crippen LogP contribution in [0.25, 0.3) is 20.7 Å². The first kappa shape index (κ1) is 8.28. The van der Waals surface area contributed by atoms with Crippen LogP contribution in [0.2, 0.25) is 0 Å². The lowest BCUT2D eigenvalue weighted by molar-refractivity contribution is 0.846. The molecule has 0 N–H and O–H groups in total. The molecule has 0 saturated carbocycles. The van der Waals surface area contributed by atoms with Gasteiger partial charge in [-0.15, -0.1) is 0 Å². The first-order valence-electron chi connectivity index (χ1n) is 4.00. The normalized spacial score (nSPS) is 9.57. The van der Waals surface area contributed by atoms with E-state index in [0.29, 0.717) is 5.69 Å². The number of hydrogen-bond donors (Lipinski definition) is 0. The standard InChI is InChI=1S/C10H6N4/c1-11-6-14-7-13-9-4-3-8(12-2)5-10(9)14/h3-5,7H,6H2. The number of rotatable bonds is 1. The predicted octanol–water partition coefficient (Wildman–Crippen LogP) is 2.46. The van der Waals surface area contributed by atoms with Crippen LogP contribution in [0, 0.1) is 13.1 Å².